The van der Waals surface area contributed by atoms with Crippen molar-refractivity contribution in [2.45, 2.75) is 0 Å². The van der Waals surface area contributed by atoms with Crippen LogP contribution in [0.15, 0.2) is 0 Å². The van der Waals surface area contributed by atoms with E-state index in [2.05, 4.69) is 0 Å². The van der Waals surface area contributed by atoms with Crippen LogP contribution in [0.1, 0.15) is 0 Å². The fourth-order valence-electron chi connectivity index (χ4n) is 0. The molecule has 0 aromatic heterocycles. The predicted octanol–water partition coefficient (Wildman–Crippen LogP) is -0.924. The maximum atomic E-state index is 1.58. The van der Waals surface area contributed by atoms with Crippen LogP contribution in [0.5, 0.6) is 0 Å². The molecule has 0 saturated carbocycles. The van der Waals surface area contributed by atoms with E-state index < -0.39 is 0 Å². The minimum atomic E-state index is 0. The number of hydrogen-bond donors (Lipinski definition) is 0. The van der Waals surface area contributed by atoms with E-state index in [9.17, 15) is 0 Å². The molecule has 18 valence electrons. The molecular formula is H2AlTaTiZr. The normalized spacial score (nSPS) is 1.00. The standard InChI is InChI=1S/Al.Ta.Ti.Zr.2H. The predicted molar refractivity (Wildman–Crippen MR) is 8.54 cm³/mol. The molecular weight excluding hydrogens is 347 g/mol. The summed E-state index contributed by atoms with van der Waals surface area (Å²) in [5, 5.41) is 0. The zero-order valence-corrected chi connectivity index (χ0v) is 11.7. The third-order valence-corrected chi connectivity index (χ3v) is 0. The SMILES string of the molecule is [AlH2][Ta].[Ti].[Zr]. The molecule has 0 amide bonds. The smallest absolute Gasteiger partial charge is 0 e. The molecule has 0 aliphatic carbocycles. The number of hydrogen-bond acceptors (Lipinski definition) is 0. The van der Waals surface area contributed by atoms with E-state index in [0.29, 0.717) is 0 Å². The van der Waals surface area contributed by atoms with Crippen molar-refractivity contribution in [3.8, 4) is 0 Å². The maximum absolute atomic E-state index is 1.58. The van der Waals surface area contributed by atoms with E-state index in [1.54, 1.807) is 18.8 Å². The summed E-state index contributed by atoms with van der Waals surface area (Å²) in [6.45, 7) is 0. The summed E-state index contributed by atoms with van der Waals surface area (Å²) in [6, 6.07) is 0. The van der Waals surface area contributed by atoms with E-state index >= 15 is 0 Å². The van der Waals surface area contributed by atoms with E-state index in [0.717, 1.165) is 0 Å². The Kier molecular flexibility index (Phi) is 66.8. The molecule has 4 heteroatoms. The summed E-state index contributed by atoms with van der Waals surface area (Å²) >= 11 is 3.00. The quantitative estimate of drug-likeness (QED) is 0.497. The van der Waals surface area contributed by atoms with Gasteiger partial charge in [0.25, 0.3) is 0 Å². The summed E-state index contributed by atoms with van der Waals surface area (Å²) < 4.78 is 0. The zero-order chi connectivity index (χ0) is 2.00. The van der Waals surface area contributed by atoms with Crippen LogP contribution in [-0.2, 0) is 66.8 Å². The Morgan fingerprint density at radius 3 is 1.25 bits per heavy atom. The molecule has 4 heavy (non-hydrogen) atoms. The van der Waals surface area contributed by atoms with Crippen molar-refractivity contribution in [1.29, 1.82) is 0 Å². The first-order valence-electron chi connectivity index (χ1n) is 0.447. The van der Waals surface area contributed by atoms with Crippen molar-refractivity contribution in [1.82, 2.24) is 0 Å². The molecule has 0 unspecified atom stereocenters. The summed E-state index contributed by atoms with van der Waals surface area (Å²) in [5.41, 5.74) is 0. The van der Waals surface area contributed by atoms with Crippen LogP contribution in [0.3, 0.4) is 0 Å². The average molecular weight is 349 g/mol. The van der Waals surface area contributed by atoms with E-state index in [1.165, 1.54) is 13.3 Å². The van der Waals surface area contributed by atoms with Crippen LogP contribution in [0.25, 0.3) is 0 Å². The molecule has 0 aromatic rings. The first-order valence-corrected chi connectivity index (χ1v) is 11.0. The summed E-state index contributed by atoms with van der Waals surface area (Å²) in [7, 11) is 0. The van der Waals surface area contributed by atoms with Gasteiger partial charge >= 0.3 is 32.2 Å². The van der Waals surface area contributed by atoms with E-state index in [-0.39, 0.29) is 47.9 Å². The second kappa shape index (κ2) is 16.9. The van der Waals surface area contributed by atoms with Gasteiger partial charge in [0.15, 0.2) is 0 Å². The first-order chi connectivity index (χ1) is 1.00. The average Bonchev–Trinajstić information content (AvgIpc) is 1.00. The molecule has 0 nitrogen and oxygen atoms in total. The van der Waals surface area contributed by atoms with Crippen molar-refractivity contribution in [3.05, 3.63) is 0 Å². The van der Waals surface area contributed by atoms with Crippen molar-refractivity contribution in [2.75, 3.05) is 0 Å². The van der Waals surface area contributed by atoms with Gasteiger partial charge in [0.05, 0.1) is 0 Å². The molecule has 0 rings (SSSR count). The van der Waals surface area contributed by atoms with Gasteiger partial charge in [-0.05, 0) is 0 Å². The molecule has 0 spiro atoms. The Bertz CT molecular complexity index is 8.00. The summed E-state index contributed by atoms with van der Waals surface area (Å²) in [6.07, 6.45) is 0. The maximum Gasteiger partial charge on any atom is 0 e. The van der Waals surface area contributed by atoms with Gasteiger partial charge in [-0.3, -0.25) is 0 Å². The number of rotatable bonds is 0. The van der Waals surface area contributed by atoms with Gasteiger partial charge < -0.3 is 0 Å². The molecule has 0 fully saturated rings. The van der Waals surface area contributed by atoms with Crippen molar-refractivity contribution in [2.24, 2.45) is 0 Å². The Labute approximate surface area is 78.6 Å². The van der Waals surface area contributed by atoms with Crippen molar-refractivity contribution < 1.29 is 66.8 Å². The van der Waals surface area contributed by atoms with Gasteiger partial charge in [0, 0.05) is 47.9 Å². The van der Waals surface area contributed by atoms with Crippen LogP contribution < -0.4 is 0 Å². The van der Waals surface area contributed by atoms with Crippen molar-refractivity contribution in [3.63, 3.8) is 0 Å². The molecule has 0 aliphatic heterocycles. The molecule has 0 aromatic carbocycles. The first kappa shape index (κ1) is 15.8. The minimum absolute atomic E-state index is 0. The van der Waals surface area contributed by atoms with Gasteiger partial charge in [-0.1, -0.05) is 0 Å². The molecule has 0 N–H and O–H groups in total. The largest absolute Gasteiger partial charge is 0 e. The molecule has 0 radical (unpaired) electrons. The zero-order valence-electron chi connectivity index (χ0n) is 2.45. The van der Waals surface area contributed by atoms with Gasteiger partial charge in [0.1, 0.15) is 0 Å². The van der Waals surface area contributed by atoms with Crippen LogP contribution >= 0.6 is 0 Å². The van der Waals surface area contributed by atoms with Gasteiger partial charge in [0.2, 0.25) is 0 Å². The Morgan fingerprint density at radius 2 is 1.25 bits per heavy atom. The molecule has 0 heterocycles. The Morgan fingerprint density at radius 1 is 1.25 bits per heavy atom. The van der Waals surface area contributed by atoms with Crippen LogP contribution in [-0.4, -0.2) is 13.3 Å². The molecule has 0 saturated heterocycles. The van der Waals surface area contributed by atoms with Gasteiger partial charge in [-0.15, -0.1) is 0 Å². The van der Waals surface area contributed by atoms with Crippen molar-refractivity contribution >= 4 is 13.3 Å². The van der Waals surface area contributed by atoms with E-state index in [1.807, 2.05) is 0 Å². The summed E-state index contributed by atoms with van der Waals surface area (Å²) in [4.78, 5) is 0. The third-order valence-electron chi connectivity index (χ3n) is 0. The van der Waals surface area contributed by atoms with Gasteiger partial charge in [-0.2, -0.15) is 0 Å². The van der Waals surface area contributed by atoms with E-state index in [4.69, 9.17) is 0 Å². The Balaban J connectivity index is -0.00000000500. The summed E-state index contributed by atoms with van der Waals surface area (Å²) in [5.74, 6) is 0. The topological polar surface area (TPSA) is 0 Å². The van der Waals surface area contributed by atoms with Crippen LogP contribution in [0.2, 0.25) is 0 Å². The van der Waals surface area contributed by atoms with Crippen LogP contribution in [0.4, 0.5) is 0 Å². The Hall–Kier alpha value is 2.87. The third kappa shape index (κ3) is 8.85. The second-order valence-corrected chi connectivity index (χ2v) is 0. The fraction of sp³-hybridized carbons (Fsp3) is 0. The fourth-order valence-corrected chi connectivity index (χ4v) is 0. The van der Waals surface area contributed by atoms with Crippen LogP contribution in [0, 0.1) is 0 Å². The van der Waals surface area contributed by atoms with Gasteiger partial charge in [-0.25, -0.2) is 0 Å². The minimum Gasteiger partial charge on any atom is 0 e. The monoisotopic (exact) mass is 348 g/mol. The molecule has 0 atom stereocenters. The molecule has 0 bridgehead atoms. The molecule has 0 aliphatic rings. The second-order valence-electron chi connectivity index (χ2n) is 0.